The van der Waals surface area contributed by atoms with Crippen molar-refractivity contribution in [1.82, 2.24) is 20.9 Å². The van der Waals surface area contributed by atoms with Crippen LogP contribution in [0.5, 0.6) is 5.75 Å². The maximum Gasteiger partial charge on any atom is 0.255 e. The number of benzene rings is 1. The molecular formula is C49H73N11O22. The second kappa shape index (κ2) is 24.5. The molecule has 2 saturated heterocycles. The highest BCUT2D eigenvalue weighted by atomic mass is 16.8. The van der Waals surface area contributed by atoms with E-state index in [1.54, 1.807) is 0 Å². The van der Waals surface area contributed by atoms with Gasteiger partial charge in [0.1, 0.15) is 89.4 Å². The molecule has 1 aromatic carbocycles. The average molecular weight is 1170 g/mol. The molecule has 20 atom stereocenters. The molecule has 4 aliphatic carbocycles. The topological polar surface area (TPSA) is 579 Å². The molecule has 33 heteroatoms. The zero-order chi connectivity index (χ0) is 60.8. The van der Waals surface area contributed by atoms with Gasteiger partial charge in [0.05, 0.1) is 42.6 Å². The Morgan fingerprint density at radius 2 is 1.43 bits per heavy atom. The van der Waals surface area contributed by atoms with Crippen LogP contribution >= 0.6 is 0 Å². The number of carbonyl (C=O) groups is 5. The van der Waals surface area contributed by atoms with Gasteiger partial charge in [0.25, 0.3) is 5.91 Å². The number of ether oxygens (including phenoxy) is 4. The number of aliphatic imine (C=N–C) groups is 2. The summed E-state index contributed by atoms with van der Waals surface area (Å²) in [5.74, 6) is -12.0. The lowest BCUT2D eigenvalue weighted by Crippen LogP contribution is -2.67. The van der Waals surface area contributed by atoms with Crippen LogP contribution in [-0.4, -0.2) is 262 Å². The lowest BCUT2D eigenvalue weighted by Gasteiger charge is -2.52. The largest absolute Gasteiger partial charge is 0.508 e. The highest BCUT2D eigenvalue weighted by Crippen LogP contribution is 2.57. The summed E-state index contributed by atoms with van der Waals surface area (Å²) in [6, 6.07) is -2.23. The molecule has 26 N–H and O–H groups in total. The van der Waals surface area contributed by atoms with Gasteiger partial charge in [0.2, 0.25) is 17.6 Å². The van der Waals surface area contributed by atoms with Gasteiger partial charge in [-0.05, 0) is 38.9 Å². The van der Waals surface area contributed by atoms with Crippen molar-refractivity contribution >= 4 is 47.0 Å². The normalized spacial score (nSPS) is 38.1. The van der Waals surface area contributed by atoms with E-state index in [1.807, 2.05) is 0 Å². The number of guanidine groups is 2. The van der Waals surface area contributed by atoms with Crippen LogP contribution in [-0.2, 0) is 48.5 Å². The first-order chi connectivity index (χ1) is 38.4. The van der Waals surface area contributed by atoms with Gasteiger partial charge in [0.15, 0.2) is 35.9 Å². The molecule has 4 fully saturated rings. The molecule has 2 saturated carbocycles. The molecule has 7 rings (SSSR count). The summed E-state index contributed by atoms with van der Waals surface area (Å²) in [4.78, 5) is 75.6. The number of nitrogens with one attached hydrogen (secondary N) is 3. The van der Waals surface area contributed by atoms with Crippen molar-refractivity contribution in [3.63, 3.8) is 0 Å². The first kappa shape index (κ1) is 63.3. The summed E-state index contributed by atoms with van der Waals surface area (Å²) in [5.41, 5.74) is 18.3. The van der Waals surface area contributed by atoms with E-state index >= 15 is 0 Å². The molecule has 7 unspecified atom stereocenters. The van der Waals surface area contributed by atoms with E-state index in [0.717, 1.165) is 0 Å². The molecule has 0 aromatic heterocycles. The van der Waals surface area contributed by atoms with Crippen LogP contribution in [0.25, 0.3) is 5.76 Å². The van der Waals surface area contributed by atoms with Crippen LogP contribution in [0.1, 0.15) is 44.2 Å². The van der Waals surface area contributed by atoms with E-state index in [-0.39, 0.29) is 50.1 Å². The van der Waals surface area contributed by atoms with E-state index in [1.165, 1.54) is 44.0 Å². The quantitative estimate of drug-likeness (QED) is 0.0249. The Hall–Kier alpha value is -6.25. The Bertz CT molecular complexity index is 2740. The molecule has 2 aliphatic heterocycles. The number of likely N-dealkylation sites (N-methyl/N-ethyl adjacent to an activating group) is 1. The zero-order valence-corrected chi connectivity index (χ0v) is 44.6. The number of phenolic OH excluding ortho intramolecular Hbond substituents is 1. The Morgan fingerprint density at radius 1 is 0.805 bits per heavy atom. The summed E-state index contributed by atoms with van der Waals surface area (Å²) in [6.45, 7) is -0.108. The van der Waals surface area contributed by atoms with Crippen molar-refractivity contribution < 1.29 is 109 Å². The number of nitrogens with two attached hydrogens (primary N) is 5. The zero-order valence-electron chi connectivity index (χ0n) is 44.6. The maximum absolute atomic E-state index is 14.2. The van der Waals surface area contributed by atoms with Gasteiger partial charge >= 0.3 is 0 Å². The third-order valence-corrected chi connectivity index (χ3v) is 16.3. The van der Waals surface area contributed by atoms with Gasteiger partial charge in [-0.25, -0.2) is 9.98 Å². The number of phenols is 1. The predicted molar refractivity (Wildman–Crippen MR) is 277 cm³/mol. The van der Waals surface area contributed by atoms with Crippen molar-refractivity contribution in [3.8, 4) is 5.75 Å². The molecule has 0 spiro atoms. The van der Waals surface area contributed by atoms with Crippen molar-refractivity contribution in [2.75, 3.05) is 46.4 Å². The van der Waals surface area contributed by atoms with E-state index in [0.29, 0.717) is 0 Å². The number of aromatic hydroxyl groups is 1. The Kier molecular flexibility index (Phi) is 18.9. The van der Waals surface area contributed by atoms with Crippen molar-refractivity contribution in [3.05, 3.63) is 46.2 Å². The van der Waals surface area contributed by atoms with Crippen LogP contribution in [0.2, 0.25) is 0 Å². The van der Waals surface area contributed by atoms with Gasteiger partial charge in [0, 0.05) is 56.4 Å². The number of amides is 3. The first-order valence-electron chi connectivity index (χ1n) is 26.0. The van der Waals surface area contributed by atoms with Gasteiger partial charge in [-0.15, -0.1) is 0 Å². The van der Waals surface area contributed by atoms with E-state index in [4.69, 9.17) is 47.6 Å². The number of rotatable bonds is 20. The third-order valence-electron chi connectivity index (χ3n) is 16.3. The summed E-state index contributed by atoms with van der Waals surface area (Å²) in [5, 5.41) is 153. The number of hydrogen-bond acceptors (Lipinski definition) is 26. The number of nitrogens with zero attached hydrogens (tertiary/aromatic N) is 3. The molecule has 0 radical (unpaired) electrons. The van der Waals surface area contributed by atoms with Gasteiger partial charge in [-0.3, -0.25) is 28.9 Å². The fraction of sp³-hybridized carbons (Fsp3) is 0.653. The number of ketones is 2. The summed E-state index contributed by atoms with van der Waals surface area (Å²) < 4.78 is 24.0. The van der Waals surface area contributed by atoms with Crippen LogP contribution in [0, 0.1) is 11.8 Å². The van der Waals surface area contributed by atoms with Crippen molar-refractivity contribution in [2.24, 2.45) is 50.5 Å². The highest BCUT2D eigenvalue weighted by molar-refractivity contribution is 6.24. The van der Waals surface area contributed by atoms with Gasteiger partial charge in [-0.1, -0.05) is 12.1 Å². The first-order valence-corrected chi connectivity index (χ1v) is 26.0. The number of carbonyl (C=O) groups excluding carboxylic acids is 5. The van der Waals surface area contributed by atoms with Crippen LogP contribution < -0.4 is 44.6 Å². The number of hydrogen-bond donors (Lipinski definition) is 21. The average Bonchev–Trinajstić information content (AvgIpc) is 1.09. The SMILES string of the molecule is C[C@@H]1O[C@@H](O[C@@H]2C(O)[C@@H](O)C(N=C(N)N)C(O)[C@@H]2N=C(N)N)C(O[C@@H]2OC(CO)[C@H](O)[C@H](O)C2N(C)CCNC(=O)CCC(=O)NCCNC2C(=O)C(C(N)=O)=C(O)[C@@]3(O)C(=O)C4=C(O)c5c(O)cccc5[C@@](C)(O)[C@H]4C[C@@H]23)[C@]1(O)CO. The predicted octanol–water partition coefficient (Wildman–Crippen LogP) is -9.97. The second-order valence-corrected chi connectivity index (χ2v) is 21.4. The third kappa shape index (κ3) is 11.4. The molecule has 82 heavy (non-hydrogen) atoms. The molecule has 33 nitrogen and oxygen atoms in total. The maximum atomic E-state index is 14.2. The number of aliphatic hydroxyl groups excluding tert-OH is 9. The van der Waals surface area contributed by atoms with Crippen LogP contribution in [0.4, 0.5) is 0 Å². The van der Waals surface area contributed by atoms with Gasteiger partial charge in [-0.2, -0.15) is 0 Å². The minimum atomic E-state index is -3.04. The smallest absolute Gasteiger partial charge is 0.255 e. The second-order valence-electron chi connectivity index (χ2n) is 21.4. The fourth-order valence-electron chi connectivity index (χ4n) is 11.8. The molecule has 6 aliphatic rings. The minimum Gasteiger partial charge on any atom is -0.508 e. The fourth-order valence-corrected chi connectivity index (χ4v) is 11.8. The number of fused-ring (bicyclic) bond motifs is 3. The molecule has 0 bridgehead atoms. The van der Waals surface area contributed by atoms with Crippen molar-refractivity contribution in [1.29, 1.82) is 0 Å². The molecule has 456 valence electrons. The van der Waals surface area contributed by atoms with Gasteiger partial charge < -0.3 is 130 Å². The Morgan fingerprint density at radius 3 is 2.02 bits per heavy atom. The summed E-state index contributed by atoms with van der Waals surface area (Å²) >= 11 is 0. The molecular weight excluding hydrogens is 1090 g/mol. The lowest BCUT2D eigenvalue weighted by atomic mass is 9.54. The highest BCUT2D eigenvalue weighted by Gasteiger charge is 2.67. The standard InChI is InChI=1S/C49H73N11O22/c1-16-48(77,15-62)41(44(79-16)81-38-29(59-46(53)54)34(69)28(58-45(51)52)35(70)37(38)72)82-43-30(36(71)31(66)21(14-61)80-43)60(3)12-11-56-23(65)8-7-22(64)55-9-10-57-27-19-13-18-25(32(67)24-17(47(18,2)76)5-4-6-20(24)63)39(73)49(19,78)40(74)26(33(27)68)42(50)75/h4-6,16,18-19,21,27-31,34-38,41,43-44,57,61-63,66-67,69-72,74,76-78H,7-15H2,1-3H3,(H2,50,75)(H,55,64)(H,56,65)(H4,51,52,58)(H4,53,54,59)/t16-,18-,19-,21?,27?,28?,29-,30?,31-,34?,35-,36+,37?,38-,41?,43-,44-,47+,48-,49-/m0/s1. The number of Topliss-reactive ketones (excluding diaryl/α,β-unsaturated/α-hetero) is 2. The summed E-state index contributed by atoms with van der Waals surface area (Å²) in [6.07, 6.45) is -20.4. The van der Waals surface area contributed by atoms with E-state index in [2.05, 4.69) is 25.9 Å². The van der Waals surface area contributed by atoms with E-state index < -0.39 is 210 Å². The number of aliphatic hydroxyl groups is 12. The molecule has 2 heterocycles. The minimum absolute atomic E-state index is 0.0265. The summed E-state index contributed by atoms with van der Waals surface area (Å²) in [7, 11) is 1.42. The molecule has 1 aromatic rings. The Labute approximate surface area is 466 Å². The molecule has 3 amide bonds. The monoisotopic (exact) mass is 1170 g/mol. The van der Waals surface area contributed by atoms with E-state index in [9.17, 15) is 90.4 Å². The lowest BCUT2D eigenvalue weighted by molar-refractivity contribution is -0.327. The Balaban J connectivity index is 0.960. The van der Waals surface area contributed by atoms with Crippen LogP contribution in [0.15, 0.2) is 45.1 Å². The van der Waals surface area contributed by atoms with Crippen LogP contribution in [0.3, 0.4) is 0 Å². The number of primary amides is 1. The van der Waals surface area contributed by atoms with Crippen molar-refractivity contribution in [2.45, 2.75) is 142 Å².